The number of aryl methyl sites for hydroxylation is 1. The highest BCUT2D eigenvalue weighted by Crippen LogP contribution is 2.36. The number of alkyl halides is 3. The maximum absolute atomic E-state index is 14.5. The fourth-order valence-electron chi connectivity index (χ4n) is 4.25. The smallest absolute Gasteiger partial charge is 0.417 e. The average molecular weight is 575 g/mol. The highest BCUT2D eigenvalue weighted by atomic mass is 32.2. The van der Waals surface area contributed by atoms with E-state index in [9.17, 15) is 36.2 Å². The van der Waals surface area contributed by atoms with Crippen LogP contribution in [0.3, 0.4) is 0 Å². The van der Waals surface area contributed by atoms with E-state index >= 15 is 0 Å². The lowest BCUT2D eigenvalue weighted by Crippen LogP contribution is -2.29. The van der Waals surface area contributed by atoms with Gasteiger partial charge in [-0.05, 0) is 54.3 Å². The molecule has 4 aromatic rings. The van der Waals surface area contributed by atoms with Gasteiger partial charge in [0.25, 0.3) is 5.56 Å². The fraction of sp³-hybridized carbons (Fsp3) is 0.241. The zero-order valence-electron chi connectivity index (χ0n) is 21.4. The number of nitriles is 1. The van der Waals surface area contributed by atoms with Gasteiger partial charge in [0.05, 0.1) is 34.9 Å². The number of rotatable bonds is 8. The Morgan fingerprint density at radius 3 is 2.40 bits per heavy atom. The second kappa shape index (κ2) is 11.6. The van der Waals surface area contributed by atoms with Gasteiger partial charge >= 0.3 is 6.18 Å². The van der Waals surface area contributed by atoms with Crippen LogP contribution in [0.15, 0.2) is 68.9 Å². The molecule has 11 heteroatoms. The standard InChI is InChI=1S/C29H23F5N2O3S/c1-3-7-40(38)22-9-17(4-2)8-19(10-22)20-11-27(39-16-20)26-13-24(29(32,33)34)23(14-35)28(37)36(26)15-18-5-6-21(30)12-25(18)31/h5-6,8-13,16H,3-4,7,15H2,1-2H3. The van der Waals surface area contributed by atoms with Gasteiger partial charge in [-0.1, -0.05) is 26.0 Å². The third kappa shape index (κ3) is 5.92. The van der Waals surface area contributed by atoms with Crippen molar-refractivity contribution in [3.63, 3.8) is 0 Å². The first-order chi connectivity index (χ1) is 19.0. The number of halogens is 5. The van der Waals surface area contributed by atoms with Gasteiger partial charge in [-0.25, -0.2) is 8.78 Å². The van der Waals surface area contributed by atoms with E-state index in [1.165, 1.54) is 18.4 Å². The predicted molar refractivity (Wildman–Crippen MR) is 140 cm³/mol. The fourth-order valence-corrected chi connectivity index (χ4v) is 5.40. The van der Waals surface area contributed by atoms with Crippen molar-refractivity contribution in [3.8, 4) is 28.7 Å². The van der Waals surface area contributed by atoms with Crippen molar-refractivity contribution >= 4 is 10.8 Å². The summed E-state index contributed by atoms with van der Waals surface area (Å²) in [6.45, 7) is 3.25. The third-order valence-electron chi connectivity index (χ3n) is 6.27. The highest BCUT2D eigenvalue weighted by molar-refractivity contribution is 7.85. The molecule has 2 heterocycles. The Balaban J connectivity index is 1.91. The SMILES string of the molecule is CCCS(=O)c1cc(CC)cc(-c2coc(-c3cc(C(F)(F)F)c(C#N)c(=O)n3Cc3ccc(F)cc3F)c2)c1. The first kappa shape index (κ1) is 29.0. The Kier molecular flexibility index (Phi) is 8.40. The molecule has 0 spiro atoms. The van der Waals surface area contributed by atoms with E-state index in [0.29, 0.717) is 46.7 Å². The molecule has 0 saturated carbocycles. The maximum Gasteiger partial charge on any atom is 0.417 e. The largest absolute Gasteiger partial charge is 0.462 e. The lowest BCUT2D eigenvalue weighted by atomic mass is 10.0. The normalized spacial score (nSPS) is 12.3. The Morgan fingerprint density at radius 2 is 1.77 bits per heavy atom. The quantitative estimate of drug-likeness (QED) is 0.211. The monoisotopic (exact) mass is 574 g/mol. The number of nitrogens with zero attached hydrogens (tertiary/aromatic N) is 2. The summed E-state index contributed by atoms with van der Waals surface area (Å²) in [5.74, 6) is -1.58. The minimum atomic E-state index is -5.04. The summed E-state index contributed by atoms with van der Waals surface area (Å²) in [5.41, 5.74) is -2.52. The highest BCUT2D eigenvalue weighted by Gasteiger charge is 2.37. The van der Waals surface area contributed by atoms with Crippen molar-refractivity contribution in [2.24, 2.45) is 0 Å². The summed E-state index contributed by atoms with van der Waals surface area (Å²) in [7, 11) is -1.25. The number of hydrogen-bond acceptors (Lipinski definition) is 4. The summed E-state index contributed by atoms with van der Waals surface area (Å²) in [4.78, 5) is 13.8. The molecule has 0 saturated heterocycles. The molecule has 2 aromatic heterocycles. The Hall–Kier alpha value is -4.04. The van der Waals surface area contributed by atoms with Crippen LogP contribution in [0.2, 0.25) is 0 Å². The molecular weight excluding hydrogens is 551 g/mol. The molecule has 0 fully saturated rings. The van der Waals surface area contributed by atoms with Gasteiger partial charge in [-0.3, -0.25) is 13.6 Å². The molecule has 0 bridgehead atoms. The third-order valence-corrected chi connectivity index (χ3v) is 7.81. The summed E-state index contributed by atoms with van der Waals surface area (Å²) in [6, 6.07) is 11.3. The number of furan rings is 1. The van der Waals surface area contributed by atoms with Crippen LogP contribution in [0.4, 0.5) is 22.0 Å². The van der Waals surface area contributed by atoms with Crippen molar-refractivity contribution in [3.05, 3.63) is 99.0 Å². The van der Waals surface area contributed by atoms with Gasteiger partial charge in [-0.15, -0.1) is 0 Å². The number of hydrogen-bond donors (Lipinski definition) is 0. The van der Waals surface area contributed by atoms with E-state index in [-0.39, 0.29) is 17.0 Å². The molecule has 0 radical (unpaired) electrons. The molecule has 4 rings (SSSR count). The molecule has 40 heavy (non-hydrogen) atoms. The van der Waals surface area contributed by atoms with E-state index < -0.39 is 51.8 Å². The van der Waals surface area contributed by atoms with Gasteiger partial charge in [0, 0.05) is 27.8 Å². The first-order valence-corrected chi connectivity index (χ1v) is 13.6. The van der Waals surface area contributed by atoms with Gasteiger partial charge in [0.15, 0.2) is 5.76 Å². The van der Waals surface area contributed by atoms with E-state index in [2.05, 4.69) is 0 Å². The summed E-state index contributed by atoms with van der Waals surface area (Å²) in [5, 5.41) is 9.38. The topological polar surface area (TPSA) is 76.0 Å². The average Bonchev–Trinajstić information content (AvgIpc) is 3.40. The van der Waals surface area contributed by atoms with E-state index in [4.69, 9.17) is 4.42 Å². The van der Waals surface area contributed by atoms with Crippen molar-refractivity contribution < 1.29 is 30.6 Å². The van der Waals surface area contributed by atoms with Crippen LogP contribution in [0, 0.1) is 23.0 Å². The Bertz CT molecular complexity index is 1700. The van der Waals surface area contributed by atoms with Crippen molar-refractivity contribution in [2.75, 3.05) is 5.75 Å². The molecule has 0 N–H and O–H groups in total. The number of pyridine rings is 1. The summed E-state index contributed by atoms with van der Waals surface area (Å²) in [6.07, 6.45) is -2.40. The molecule has 2 aromatic carbocycles. The van der Waals surface area contributed by atoms with Gasteiger partial charge in [0.2, 0.25) is 0 Å². The number of benzene rings is 2. The second-order valence-corrected chi connectivity index (χ2v) is 10.6. The van der Waals surface area contributed by atoms with Crippen LogP contribution in [0.1, 0.15) is 42.5 Å². The van der Waals surface area contributed by atoms with Gasteiger partial charge in [-0.2, -0.15) is 18.4 Å². The summed E-state index contributed by atoms with van der Waals surface area (Å²) >= 11 is 0. The van der Waals surface area contributed by atoms with Crippen LogP contribution >= 0.6 is 0 Å². The van der Waals surface area contributed by atoms with Crippen molar-refractivity contribution in [2.45, 2.75) is 44.3 Å². The molecule has 1 atom stereocenters. The molecular formula is C29H23F5N2O3S. The molecule has 208 valence electrons. The lowest BCUT2D eigenvalue weighted by Gasteiger charge is -2.16. The molecule has 5 nitrogen and oxygen atoms in total. The van der Waals surface area contributed by atoms with Crippen LogP contribution < -0.4 is 5.56 Å². The van der Waals surface area contributed by atoms with E-state index in [1.54, 1.807) is 6.07 Å². The Morgan fingerprint density at radius 1 is 1.02 bits per heavy atom. The van der Waals surface area contributed by atoms with Crippen molar-refractivity contribution in [1.82, 2.24) is 4.57 Å². The molecule has 1 unspecified atom stereocenters. The zero-order chi connectivity index (χ0) is 29.2. The lowest BCUT2D eigenvalue weighted by molar-refractivity contribution is -0.137. The molecule has 0 aliphatic rings. The van der Waals surface area contributed by atoms with Crippen LogP contribution in [0.25, 0.3) is 22.6 Å². The van der Waals surface area contributed by atoms with Gasteiger partial charge < -0.3 is 4.42 Å². The van der Waals surface area contributed by atoms with Crippen molar-refractivity contribution in [1.29, 1.82) is 5.26 Å². The first-order valence-electron chi connectivity index (χ1n) is 12.3. The van der Waals surface area contributed by atoms with Crippen LogP contribution in [0.5, 0.6) is 0 Å². The molecule has 0 aliphatic carbocycles. The Labute approximate surface area is 229 Å². The maximum atomic E-state index is 14.5. The van der Waals surface area contributed by atoms with E-state index in [1.807, 2.05) is 26.0 Å². The molecule has 0 amide bonds. The van der Waals surface area contributed by atoms with Crippen LogP contribution in [-0.2, 0) is 29.9 Å². The minimum absolute atomic E-state index is 0.150. The number of aromatic nitrogens is 1. The van der Waals surface area contributed by atoms with E-state index in [0.717, 1.165) is 22.3 Å². The van der Waals surface area contributed by atoms with Gasteiger partial charge in [0.1, 0.15) is 23.3 Å². The molecule has 0 aliphatic heterocycles. The zero-order valence-corrected chi connectivity index (χ0v) is 22.3. The summed E-state index contributed by atoms with van der Waals surface area (Å²) < 4.78 is 88.5. The predicted octanol–water partition coefficient (Wildman–Crippen LogP) is 7.07. The minimum Gasteiger partial charge on any atom is -0.462 e. The second-order valence-electron chi connectivity index (χ2n) is 9.02. The van der Waals surface area contributed by atoms with Crippen LogP contribution in [-0.4, -0.2) is 14.5 Å².